The molecule has 0 saturated carbocycles. The van der Waals surface area contributed by atoms with Gasteiger partial charge in [-0.3, -0.25) is 0 Å². The number of rotatable bonds is 10. The summed E-state index contributed by atoms with van der Waals surface area (Å²) in [6.07, 6.45) is 4.45. The minimum atomic E-state index is 0.893. The Hall–Kier alpha value is -8.40. The molecule has 0 bridgehead atoms. The molecule has 3 nitrogen and oxygen atoms in total. The molecule has 0 aliphatic rings. The summed E-state index contributed by atoms with van der Waals surface area (Å²) in [6.45, 7) is 6.65. The molecule has 0 aliphatic heterocycles. The summed E-state index contributed by atoms with van der Waals surface area (Å²) in [5, 5.41) is 4.48. The molecule has 304 valence electrons. The van der Waals surface area contributed by atoms with Gasteiger partial charge in [0.15, 0.2) is 0 Å². The average molecular weight is 822 g/mol. The largest absolute Gasteiger partial charge is 0.455 e. The molecule has 11 aromatic rings. The molecule has 0 atom stereocenters. The predicted octanol–water partition coefficient (Wildman–Crippen LogP) is 17.5. The fourth-order valence-electron chi connectivity index (χ4n) is 8.93. The van der Waals surface area contributed by atoms with Gasteiger partial charge in [0.2, 0.25) is 0 Å². The van der Waals surface area contributed by atoms with Crippen molar-refractivity contribution >= 4 is 77.7 Å². The van der Waals surface area contributed by atoms with Crippen LogP contribution in [0.25, 0.3) is 82.9 Å². The first-order valence-electron chi connectivity index (χ1n) is 21.7. The van der Waals surface area contributed by atoms with Gasteiger partial charge in [-0.25, -0.2) is 0 Å². The first-order valence-corrected chi connectivity index (χ1v) is 21.7. The van der Waals surface area contributed by atoms with E-state index in [0.29, 0.717) is 0 Å². The Balaban J connectivity index is 0.998. The summed E-state index contributed by atoms with van der Waals surface area (Å²) in [6, 6.07) is 76.6. The number of benzene rings is 9. The number of nitrogens with zero attached hydrogens (tertiary/aromatic N) is 1. The highest BCUT2D eigenvalue weighted by Gasteiger charge is 2.18. The van der Waals surface area contributed by atoms with Crippen LogP contribution < -0.4 is 4.90 Å². The molecule has 0 saturated heterocycles. The van der Waals surface area contributed by atoms with Crippen LogP contribution in [0.1, 0.15) is 23.6 Å². The summed E-state index contributed by atoms with van der Waals surface area (Å²) in [5.74, 6) is 0. The van der Waals surface area contributed by atoms with Gasteiger partial charge in [0.25, 0.3) is 0 Å². The van der Waals surface area contributed by atoms with Crippen molar-refractivity contribution in [2.75, 3.05) is 4.90 Å². The topological polar surface area (TPSA) is 29.5 Å². The molecule has 9 aromatic carbocycles. The van der Waals surface area contributed by atoms with Gasteiger partial charge >= 0.3 is 0 Å². The maximum Gasteiger partial charge on any atom is 0.143 e. The molecule has 0 fully saturated rings. The van der Waals surface area contributed by atoms with Crippen molar-refractivity contribution in [1.29, 1.82) is 0 Å². The van der Waals surface area contributed by atoms with Gasteiger partial charge in [-0.15, -0.1) is 0 Å². The third-order valence-electron chi connectivity index (χ3n) is 12.2. The van der Waals surface area contributed by atoms with Crippen LogP contribution in [0.4, 0.5) is 17.1 Å². The maximum absolute atomic E-state index is 6.44. The lowest BCUT2D eigenvalue weighted by Crippen LogP contribution is -2.10. The monoisotopic (exact) mass is 821 g/mol. The van der Waals surface area contributed by atoms with E-state index >= 15 is 0 Å². The standard InChI is InChI=1S/C61H43NO2/c1-41(43-15-5-3-6-16-43)39-48(40-42(2)44-17-7-4-8-18-44)45-27-33-49(34-28-45)62(50-35-29-46(30-36-50)52-21-13-23-56-54-19-9-11-25-58(54)63-60(52)56)51-37-31-47(32-38-51)53-22-14-24-57-55-20-10-12-26-59(55)64-61(53)57/h3-40H,1H2,2H3/b42-40+,48-39+. The zero-order chi connectivity index (χ0) is 43.0. The predicted molar refractivity (Wildman–Crippen MR) is 270 cm³/mol. The Morgan fingerprint density at radius 2 is 0.812 bits per heavy atom. The van der Waals surface area contributed by atoms with Crippen LogP contribution in [0.3, 0.4) is 0 Å². The SMILES string of the molecule is C=C(/C=C(\C=C(/C)c1ccccc1)c1ccc(N(c2ccc(-c3cccc4c3oc3ccccc34)cc2)c2ccc(-c3cccc4c3oc3ccccc34)cc2)cc1)c1ccccc1. The molecule has 0 spiro atoms. The first-order chi connectivity index (χ1) is 31.6. The third-order valence-corrected chi connectivity index (χ3v) is 12.2. The highest BCUT2D eigenvalue weighted by Crippen LogP contribution is 2.41. The molecular formula is C61H43NO2. The van der Waals surface area contributed by atoms with Crippen LogP contribution in [0.15, 0.2) is 246 Å². The first kappa shape index (κ1) is 38.5. The number of hydrogen-bond donors (Lipinski definition) is 0. The Kier molecular flexibility index (Phi) is 9.91. The summed E-state index contributed by atoms with van der Waals surface area (Å²) in [5.41, 5.74) is 17.6. The fourth-order valence-corrected chi connectivity index (χ4v) is 8.93. The zero-order valence-corrected chi connectivity index (χ0v) is 35.4. The van der Waals surface area contributed by atoms with E-state index in [1.54, 1.807) is 0 Å². The van der Waals surface area contributed by atoms with Gasteiger partial charge < -0.3 is 13.7 Å². The van der Waals surface area contributed by atoms with Crippen LogP contribution >= 0.6 is 0 Å². The number of para-hydroxylation sites is 4. The number of fused-ring (bicyclic) bond motifs is 6. The quantitative estimate of drug-likeness (QED) is 0.129. The highest BCUT2D eigenvalue weighted by molar-refractivity contribution is 6.10. The van der Waals surface area contributed by atoms with Crippen molar-refractivity contribution < 1.29 is 8.83 Å². The molecule has 0 N–H and O–H groups in total. The van der Waals surface area contributed by atoms with Crippen molar-refractivity contribution in [3.63, 3.8) is 0 Å². The fraction of sp³-hybridized carbons (Fsp3) is 0.0164. The number of hydrogen-bond acceptors (Lipinski definition) is 3. The van der Waals surface area contributed by atoms with Crippen molar-refractivity contribution in [1.82, 2.24) is 0 Å². The van der Waals surface area contributed by atoms with Gasteiger partial charge in [0, 0.05) is 49.7 Å². The third kappa shape index (κ3) is 7.19. The molecule has 11 rings (SSSR count). The van der Waals surface area contributed by atoms with Crippen LogP contribution in [0.2, 0.25) is 0 Å². The molecule has 2 heterocycles. The minimum Gasteiger partial charge on any atom is -0.455 e. The van der Waals surface area contributed by atoms with Crippen LogP contribution in [0.5, 0.6) is 0 Å². The second kappa shape index (κ2) is 16.5. The molecule has 0 unspecified atom stereocenters. The average Bonchev–Trinajstić information content (AvgIpc) is 3.94. The van der Waals surface area contributed by atoms with E-state index in [9.17, 15) is 0 Å². The maximum atomic E-state index is 6.44. The number of anilines is 3. The summed E-state index contributed by atoms with van der Waals surface area (Å²) >= 11 is 0. The van der Waals surface area contributed by atoms with Crippen molar-refractivity contribution in [2.24, 2.45) is 0 Å². The smallest absolute Gasteiger partial charge is 0.143 e. The lowest BCUT2D eigenvalue weighted by Gasteiger charge is -2.26. The van der Waals surface area contributed by atoms with Crippen LogP contribution in [-0.4, -0.2) is 0 Å². The van der Waals surface area contributed by atoms with Crippen LogP contribution in [-0.2, 0) is 0 Å². The number of furan rings is 2. The molecule has 2 aromatic heterocycles. The lowest BCUT2D eigenvalue weighted by atomic mass is 9.96. The highest BCUT2D eigenvalue weighted by atomic mass is 16.3. The second-order valence-electron chi connectivity index (χ2n) is 16.2. The van der Waals surface area contributed by atoms with Gasteiger partial charge in [-0.2, -0.15) is 0 Å². The molecule has 64 heavy (non-hydrogen) atoms. The molecule has 0 radical (unpaired) electrons. The lowest BCUT2D eigenvalue weighted by molar-refractivity contribution is 0.669. The van der Waals surface area contributed by atoms with Crippen molar-refractivity contribution in [3.05, 3.63) is 254 Å². The van der Waals surface area contributed by atoms with Gasteiger partial charge in [0.05, 0.1) is 0 Å². The number of allylic oxidation sites excluding steroid dienone is 5. The van der Waals surface area contributed by atoms with E-state index in [1.807, 2.05) is 30.3 Å². The van der Waals surface area contributed by atoms with E-state index in [2.05, 4.69) is 219 Å². The summed E-state index contributed by atoms with van der Waals surface area (Å²) < 4.78 is 12.9. The Morgan fingerprint density at radius 3 is 1.31 bits per heavy atom. The Labute approximate surface area is 372 Å². The molecule has 3 heteroatoms. The van der Waals surface area contributed by atoms with Crippen LogP contribution in [0, 0.1) is 0 Å². The normalized spacial score (nSPS) is 12.1. The van der Waals surface area contributed by atoms with Crippen molar-refractivity contribution in [2.45, 2.75) is 6.92 Å². The van der Waals surface area contributed by atoms with Crippen molar-refractivity contribution in [3.8, 4) is 22.3 Å². The van der Waals surface area contributed by atoms with Gasteiger partial charge in [-0.05, 0) is 106 Å². The van der Waals surface area contributed by atoms with E-state index in [0.717, 1.165) is 105 Å². The van der Waals surface area contributed by atoms with E-state index in [4.69, 9.17) is 8.83 Å². The Bertz CT molecular complexity index is 3380. The van der Waals surface area contributed by atoms with E-state index in [-0.39, 0.29) is 0 Å². The molecular weight excluding hydrogens is 779 g/mol. The Morgan fingerprint density at radius 1 is 0.391 bits per heavy atom. The zero-order valence-electron chi connectivity index (χ0n) is 35.4. The molecule has 0 aliphatic carbocycles. The van der Waals surface area contributed by atoms with E-state index in [1.165, 1.54) is 11.1 Å². The summed E-state index contributed by atoms with van der Waals surface area (Å²) in [4.78, 5) is 2.32. The van der Waals surface area contributed by atoms with Gasteiger partial charge in [0.1, 0.15) is 22.3 Å². The summed E-state index contributed by atoms with van der Waals surface area (Å²) in [7, 11) is 0. The van der Waals surface area contributed by atoms with E-state index < -0.39 is 0 Å². The van der Waals surface area contributed by atoms with Gasteiger partial charge in [-0.1, -0.05) is 183 Å². The second-order valence-corrected chi connectivity index (χ2v) is 16.2. The molecule has 0 amide bonds. The minimum absolute atomic E-state index is 0.893.